The van der Waals surface area contributed by atoms with E-state index >= 15 is 0 Å². The van der Waals surface area contributed by atoms with Crippen LogP contribution in [-0.4, -0.2) is 21.5 Å². The Hall–Kier alpha value is -1.97. The van der Waals surface area contributed by atoms with Gasteiger partial charge in [0.1, 0.15) is 0 Å². The maximum absolute atomic E-state index is 4.46. The van der Waals surface area contributed by atoms with Crippen LogP contribution in [-0.2, 0) is 5.41 Å². The molecule has 1 fully saturated rings. The molecule has 2 aromatic heterocycles. The van der Waals surface area contributed by atoms with Gasteiger partial charge < -0.3 is 5.32 Å². The third kappa shape index (κ3) is 2.18. The highest BCUT2D eigenvalue weighted by Gasteiger charge is 2.45. The summed E-state index contributed by atoms with van der Waals surface area (Å²) in [5, 5.41) is 3.32. The van der Waals surface area contributed by atoms with E-state index in [0.717, 1.165) is 12.2 Å². The second-order valence-electron chi connectivity index (χ2n) is 4.87. The molecule has 4 heteroatoms. The average molecular weight is 240 g/mol. The zero-order chi connectivity index (χ0) is 12.4. The van der Waals surface area contributed by atoms with Gasteiger partial charge in [0.2, 0.25) is 5.95 Å². The maximum atomic E-state index is 4.46. The average Bonchev–Trinajstić information content (AvgIpc) is 3.19. The van der Waals surface area contributed by atoms with Crippen molar-refractivity contribution in [2.75, 3.05) is 11.9 Å². The van der Waals surface area contributed by atoms with Crippen molar-refractivity contribution in [3.05, 3.63) is 48.0 Å². The van der Waals surface area contributed by atoms with Gasteiger partial charge >= 0.3 is 0 Å². The van der Waals surface area contributed by atoms with Gasteiger partial charge in [-0.2, -0.15) is 0 Å². The topological polar surface area (TPSA) is 50.7 Å². The van der Waals surface area contributed by atoms with Crippen molar-refractivity contribution in [1.29, 1.82) is 0 Å². The molecular formula is C14H16N4. The summed E-state index contributed by atoms with van der Waals surface area (Å²) in [5.74, 6) is 0.706. The molecule has 3 rings (SSSR count). The van der Waals surface area contributed by atoms with Crippen LogP contribution in [0.1, 0.15) is 24.2 Å². The van der Waals surface area contributed by atoms with E-state index in [4.69, 9.17) is 0 Å². The number of rotatable bonds is 4. The molecule has 0 atom stereocenters. The Morgan fingerprint density at radius 2 is 2.06 bits per heavy atom. The highest BCUT2D eigenvalue weighted by Crippen LogP contribution is 2.47. The van der Waals surface area contributed by atoms with Crippen LogP contribution >= 0.6 is 0 Å². The smallest absolute Gasteiger partial charge is 0.222 e. The Kier molecular flexibility index (Phi) is 2.70. The third-order valence-electron chi connectivity index (χ3n) is 3.44. The Labute approximate surface area is 107 Å². The van der Waals surface area contributed by atoms with E-state index < -0.39 is 0 Å². The molecule has 0 saturated heterocycles. The molecule has 0 bridgehead atoms. The fourth-order valence-electron chi connectivity index (χ4n) is 2.13. The van der Waals surface area contributed by atoms with Gasteiger partial charge in [-0.3, -0.25) is 4.98 Å². The zero-order valence-electron chi connectivity index (χ0n) is 10.4. The van der Waals surface area contributed by atoms with E-state index in [1.165, 1.54) is 18.5 Å². The largest absolute Gasteiger partial charge is 0.353 e. The lowest BCUT2D eigenvalue weighted by Gasteiger charge is -2.15. The summed E-state index contributed by atoms with van der Waals surface area (Å²) in [5.41, 5.74) is 2.34. The summed E-state index contributed by atoms with van der Waals surface area (Å²) in [7, 11) is 0. The number of nitrogens with one attached hydrogen (secondary N) is 1. The molecular weight excluding hydrogens is 224 g/mol. The number of anilines is 1. The van der Waals surface area contributed by atoms with Crippen LogP contribution in [0.3, 0.4) is 0 Å². The first-order chi connectivity index (χ1) is 8.78. The SMILES string of the molecule is Cc1ccnc(NCC2(c3ccccn3)CC2)n1. The summed E-state index contributed by atoms with van der Waals surface area (Å²) in [6, 6.07) is 8.00. The van der Waals surface area contributed by atoms with Gasteiger partial charge in [0.05, 0.1) is 0 Å². The molecule has 1 saturated carbocycles. The van der Waals surface area contributed by atoms with Gasteiger partial charge in [-0.15, -0.1) is 0 Å². The molecule has 1 N–H and O–H groups in total. The minimum absolute atomic E-state index is 0.189. The molecule has 4 nitrogen and oxygen atoms in total. The van der Waals surface area contributed by atoms with E-state index in [0.29, 0.717) is 5.95 Å². The minimum atomic E-state index is 0.189. The molecule has 0 aliphatic heterocycles. The Morgan fingerprint density at radius 3 is 2.72 bits per heavy atom. The molecule has 0 aromatic carbocycles. The molecule has 0 unspecified atom stereocenters. The monoisotopic (exact) mass is 240 g/mol. The number of aromatic nitrogens is 3. The van der Waals surface area contributed by atoms with E-state index in [1.807, 2.05) is 31.3 Å². The standard InChI is InChI=1S/C14H16N4/c1-11-5-9-16-13(18-11)17-10-14(6-7-14)12-4-2-3-8-15-12/h2-5,8-9H,6-7,10H2,1H3,(H,16,17,18). The lowest BCUT2D eigenvalue weighted by molar-refractivity contribution is 0.698. The van der Waals surface area contributed by atoms with Crippen LogP contribution in [0.5, 0.6) is 0 Å². The van der Waals surface area contributed by atoms with Gasteiger partial charge in [0, 0.05) is 35.7 Å². The summed E-state index contributed by atoms with van der Waals surface area (Å²) in [6.07, 6.45) is 6.01. The number of pyridine rings is 1. The van der Waals surface area contributed by atoms with E-state index in [-0.39, 0.29) is 5.41 Å². The molecule has 0 radical (unpaired) electrons. The van der Waals surface area contributed by atoms with Gasteiger partial charge in [-0.1, -0.05) is 6.07 Å². The predicted octanol–water partition coefficient (Wildman–Crippen LogP) is 2.32. The highest BCUT2D eigenvalue weighted by atomic mass is 15.1. The number of hydrogen-bond donors (Lipinski definition) is 1. The van der Waals surface area contributed by atoms with Crippen LogP contribution in [0, 0.1) is 6.92 Å². The summed E-state index contributed by atoms with van der Waals surface area (Å²) >= 11 is 0. The van der Waals surface area contributed by atoms with Gasteiger partial charge in [-0.25, -0.2) is 9.97 Å². The first kappa shape index (κ1) is 11.1. The van der Waals surface area contributed by atoms with Crippen LogP contribution < -0.4 is 5.32 Å². The normalized spacial score (nSPS) is 16.3. The fourth-order valence-corrected chi connectivity index (χ4v) is 2.13. The summed E-state index contributed by atoms with van der Waals surface area (Å²) in [4.78, 5) is 13.0. The summed E-state index contributed by atoms with van der Waals surface area (Å²) in [6.45, 7) is 2.83. The predicted molar refractivity (Wildman–Crippen MR) is 70.4 cm³/mol. The van der Waals surface area contributed by atoms with Crippen molar-refractivity contribution in [3.8, 4) is 0 Å². The minimum Gasteiger partial charge on any atom is -0.353 e. The lowest BCUT2D eigenvalue weighted by Crippen LogP contribution is -2.21. The van der Waals surface area contributed by atoms with Crippen molar-refractivity contribution in [2.45, 2.75) is 25.2 Å². The van der Waals surface area contributed by atoms with Crippen LogP contribution in [0.4, 0.5) is 5.95 Å². The number of aryl methyl sites for hydroxylation is 1. The molecule has 0 spiro atoms. The number of nitrogens with zero attached hydrogens (tertiary/aromatic N) is 3. The van der Waals surface area contributed by atoms with Crippen molar-refractivity contribution < 1.29 is 0 Å². The van der Waals surface area contributed by atoms with E-state index in [2.05, 4.69) is 26.3 Å². The molecule has 2 heterocycles. The first-order valence-corrected chi connectivity index (χ1v) is 6.24. The molecule has 0 amide bonds. The van der Waals surface area contributed by atoms with E-state index in [9.17, 15) is 0 Å². The van der Waals surface area contributed by atoms with Crippen molar-refractivity contribution >= 4 is 5.95 Å². The van der Waals surface area contributed by atoms with Crippen molar-refractivity contribution in [3.63, 3.8) is 0 Å². The fraction of sp³-hybridized carbons (Fsp3) is 0.357. The van der Waals surface area contributed by atoms with Crippen molar-refractivity contribution in [2.24, 2.45) is 0 Å². The van der Waals surface area contributed by atoms with Gasteiger partial charge in [0.25, 0.3) is 0 Å². The van der Waals surface area contributed by atoms with Crippen LogP contribution in [0.2, 0.25) is 0 Å². The van der Waals surface area contributed by atoms with Gasteiger partial charge in [-0.05, 0) is 38.0 Å². The Balaban J connectivity index is 1.71. The molecule has 18 heavy (non-hydrogen) atoms. The first-order valence-electron chi connectivity index (χ1n) is 6.24. The third-order valence-corrected chi connectivity index (χ3v) is 3.44. The Bertz CT molecular complexity index is 535. The lowest BCUT2D eigenvalue weighted by atomic mass is 10.0. The highest BCUT2D eigenvalue weighted by molar-refractivity contribution is 5.32. The van der Waals surface area contributed by atoms with Crippen LogP contribution in [0.15, 0.2) is 36.7 Å². The zero-order valence-corrected chi connectivity index (χ0v) is 10.4. The quantitative estimate of drug-likeness (QED) is 0.891. The van der Waals surface area contributed by atoms with Crippen LogP contribution in [0.25, 0.3) is 0 Å². The second-order valence-corrected chi connectivity index (χ2v) is 4.87. The van der Waals surface area contributed by atoms with Gasteiger partial charge in [0.15, 0.2) is 0 Å². The number of hydrogen-bond acceptors (Lipinski definition) is 4. The van der Waals surface area contributed by atoms with E-state index in [1.54, 1.807) is 6.20 Å². The Morgan fingerprint density at radius 1 is 1.17 bits per heavy atom. The molecule has 1 aliphatic carbocycles. The van der Waals surface area contributed by atoms with Crippen molar-refractivity contribution in [1.82, 2.24) is 15.0 Å². The summed E-state index contributed by atoms with van der Waals surface area (Å²) < 4.78 is 0. The maximum Gasteiger partial charge on any atom is 0.222 e. The molecule has 92 valence electrons. The molecule has 1 aliphatic rings. The second kappa shape index (κ2) is 4.37. The molecule has 2 aromatic rings.